The number of nitrogens with two attached hydrogens (primary N) is 1. The SMILES string of the molecule is Cc1ccc(CN)cc1Oc1ccc2c(c1)B(O)OC2. The van der Waals surface area contributed by atoms with E-state index >= 15 is 0 Å². The van der Waals surface area contributed by atoms with Crippen molar-refractivity contribution in [3.8, 4) is 11.5 Å². The predicted molar refractivity (Wildman–Crippen MR) is 78.0 cm³/mol. The van der Waals surface area contributed by atoms with Crippen LogP contribution in [0.3, 0.4) is 0 Å². The minimum atomic E-state index is -0.856. The summed E-state index contributed by atoms with van der Waals surface area (Å²) >= 11 is 0. The zero-order chi connectivity index (χ0) is 14.1. The van der Waals surface area contributed by atoms with Gasteiger partial charge in [-0.3, -0.25) is 0 Å². The Morgan fingerprint density at radius 3 is 2.95 bits per heavy atom. The maximum Gasteiger partial charge on any atom is 0.491 e. The Bertz CT molecular complexity index is 645. The molecule has 1 aliphatic rings. The lowest BCUT2D eigenvalue weighted by Crippen LogP contribution is -2.27. The molecule has 1 aliphatic heterocycles. The lowest BCUT2D eigenvalue weighted by atomic mass is 9.79. The first-order valence-corrected chi connectivity index (χ1v) is 6.57. The number of fused-ring (bicyclic) bond motifs is 1. The largest absolute Gasteiger partial charge is 0.491 e. The Morgan fingerprint density at radius 2 is 2.15 bits per heavy atom. The topological polar surface area (TPSA) is 64.7 Å². The van der Waals surface area contributed by atoms with Gasteiger partial charge in [0.25, 0.3) is 0 Å². The Labute approximate surface area is 118 Å². The zero-order valence-corrected chi connectivity index (χ0v) is 11.3. The molecule has 102 valence electrons. The molecule has 2 aromatic carbocycles. The fourth-order valence-corrected chi connectivity index (χ4v) is 2.26. The van der Waals surface area contributed by atoms with Crippen LogP contribution in [-0.2, 0) is 17.8 Å². The lowest BCUT2D eigenvalue weighted by molar-refractivity contribution is 0.275. The van der Waals surface area contributed by atoms with Crippen molar-refractivity contribution in [2.75, 3.05) is 0 Å². The Hall–Kier alpha value is -1.82. The second-order valence-electron chi connectivity index (χ2n) is 4.93. The smallest absolute Gasteiger partial charge is 0.457 e. The van der Waals surface area contributed by atoms with E-state index in [4.69, 9.17) is 15.1 Å². The second-order valence-corrected chi connectivity index (χ2v) is 4.93. The normalized spacial score (nSPS) is 13.4. The molecule has 1 heterocycles. The lowest BCUT2D eigenvalue weighted by Gasteiger charge is -2.11. The molecule has 0 amide bonds. The van der Waals surface area contributed by atoms with Crippen LogP contribution < -0.4 is 15.9 Å². The first-order valence-electron chi connectivity index (χ1n) is 6.57. The van der Waals surface area contributed by atoms with E-state index in [-0.39, 0.29) is 0 Å². The van der Waals surface area contributed by atoms with Crippen molar-refractivity contribution in [1.29, 1.82) is 0 Å². The summed E-state index contributed by atoms with van der Waals surface area (Å²) in [7, 11) is -0.856. The van der Waals surface area contributed by atoms with Gasteiger partial charge in [-0.05, 0) is 47.3 Å². The van der Waals surface area contributed by atoms with Crippen LogP contribution in [-0.4, -0.2) is 12.1 Å². The molecule has 2 aromatic rings. The van der Waals surface area contributed by atoms with Gasteiger partial charge in [0, 0.05) is 6.54 Å². The average Bonchev–Trinajstić information content (AvgIpc) is 2.83. The predicted octanol–water partition coefficient (Wildman–Crippen LogP) is 1.46. The third kappa shape index (κ3) is 2.43. The fourth-order valence-electron chi connectivity index (χ4n) is 2.26. The first kappa shape index (κ1) is 13.2. The van der Waals surface area contributed by atoms with Gasteiger partial charge >= 0.3 is 7.12 Å². The molecule has 0 saturated carbocycles. The van der Waals surface area contributed by atoms with Crippen molar-refractivity contribution in [3.05, 3.63) is 53.1 Å². The number of ether oxygens (including phenoxy) is 1. The van der Waals surface area contributed by atoms with E-state index in [1.54, 1.807) is 0 Å². The highest BCUT2D eigenvalue weighted by Gasteiger charge is 2.27. The summed E-state index contributed by atoms with van der Waals surface area (Å²) in [6, 6.07) is 11.5. The molecule has 3 rings (SSSR count). The van der Waals surface area contributed by atoms with Gasteiger partial charge in [0.1, 0.15) is 11.5 Å². The Morgan fingerprint density at radius 1 is 1.30 bits per heavy atom. The molecule has 5 heteroatoms. The molecule has 4 nitrogen and oxygen atoms in total. The molecule has 0 aliphatic carbocycles. The summed E-state index contributed by atoms with van der Waals surface area (Å²) in [6.07, 6.45) is 0. The number of rotatable bonds is 3. The quantitative estimate of drug-likeness (QED) is 0.828. The van der Waals surface area contributed by atoms with E-state index in [9.17, 15) is 5.02 Å². The van der Waals surface area contributed by atoms with Crippen molar-refractivity contribution < 1.29 is 14.4 Å². The highest BCUT2D eigenvalue weighted by molar-refractivity contribution is 6.61. The molecular formula is C15H16BNO3. The zero-order valence-electron chi connectivity index (χ0n) is 11.3. The van der Waals surface area contributed by atoms with E-state index in [0.29, 0.717) is 18.9 Å². The standard InChI is InChI=1S/C15H16BNO3/c1-10-2-3-11(8-17)6-15(10)20-13-5-4-12-9-19-16(18)14(12)7-13/h2-7,18H,8-9,17H2,1H3. The Balaban J connectivity index is 1.90. The van der Waals surface area contributed by atoms with Gasteiger partial charge in [0.05, 0.1) is 6.61 Å². The summed E-state index contributed by atoms with van der Waals surface area (Å²) in [6.45, 7) is 2.91. The minimum absolute atomic E-state index is 0.443. The summed E-state index contributed by atoms with van der Waals surface area (Å²) in [5.41, 5.74) is 9.48. The number of hydrogen-bond donors (Lipinski definition) is 2. The average molecular weight is 269 g/mol. The van der Waals surface area contributed by atoms with E-state index in [1.807, 2.05) is 43.3 Å². The minimum Gasteiger partial charge on any atom is -0.457 e. The van der Waals surface area contributed by atoms with Gasteiger partial charge in [0.15, 0.2) is 0 Å². The van der Waals surface area contributed by atoms with E-state index < -0.39 is 7.12 Å². The second kappa shape index (κ2) is 5.29. The first-order chi connectivity index (χ1) is 9.67. The van der Waals surface area contributed by atoms with Crippen molar-refractivity contribution in [2.45, 2.75) is 20.1 Å². The van der Waals surface area contributed by atoms with Crippen LogP contribution in [0, 0.1) is 6.92 Å². The monoisotopic (exact) mass is 269 g/mol. The van der Waals surface area contributed by atoms with Crippen LogP contribution in [0.1, 0.15) is 16.7 Å². The van der Waals surface area contributed by atoms with Crippen LogP contribution >= 0.6 is 0 Å². The van der Waals surface area contributed by atoms with Gasteiger partial charge in [-0.2, -0.15) is 0 Å². The highest BCUT2D eigenvalue weighted by atomic mass is 16.5. The van der Waals surface area contributed by atoms with Gasteiger partial charge < -0.3 is 20.1 Å². The molecule has 3 N–H and O–H groups in total. The molecule has 0 aromatic heterocycles. The van der Waals surface area contributed by atoms with E-state index in [1.165, 1.54) is 0 Å². The number of aryl methyl sites for hydroxylation is 1. The molecule has 0 fully saturated rings. The van der Waals surface area contributed by atoms with Crippen LogP contribution in [0.15, 0.2) is 36.4 Å². The van der Waals surface area contributed by atoms with Crippen molar-refractivity contribution in [3.63, 3.8) is 0 Å². The van der Waals surface area contributed by atoms with Gasteiger partial charge in [0.2, 0.25) is 0 Å². The van der Waals surface area contributed by atoms with Crippen molar-refractivity contribution >= 4 is 12.6 Å². The molecule has 0 atom stereocenters. The van der Waals surface area contributed by atoms with Crippen molar-refractivity contribution in [1.82, 2.24) is 0 Å². The van der Waals surface area contributed by atoms with E-state index in [2.05, 4.69) is 0 Å². The fraction of sp³-hybridized carbons (Fsp3) is 0.200. The summed E-state index contributed by atoms with van der Waals surface area (Å²) in [4.78, 5) is 0. The molecule has 0 spiro atoms. The van der Waals surface area contributed by atoms with Crippen molar-refractivity contribution in [2.24, 2.45) is 5.73 Å². The summed E-state index contributed by atoms with van der Waals surface area (Å²) in [5, 5.41) is 9.71. The van der Waals surface area contributed by atoms with Gasteiger partial charge in [-0.15, -0.1) is 0 Å². The maximum atomic E-state index is 9.71. The van der Waals surface area contributed by atoms with E-state index in [0.717, 1.165) is 27.9 Å². The molecule has 0 unspecified atom stereocenters. The molecule has 0 saturated heterocycles. The van der Waals surface area contributed by atoms with Crippen LogP contribution in [0.2, 0.25) is 0 Å². The third-order valence-electron chi connectivity index (χ3n) is 3.50. The van der Waals surface area contributed by atoms with Crippen LogP contribution in [0.4, 0.5) is 0 Å². The Kier molecular flexibility index (Phi) is 3.48. The van der Waals surface area contributed by atoms with Crippen LogP contribution in [0.5, 0.6) is 11.5 Å². The molecule has 0 radical (unpaired) electrons. The number of hydrogen-bond acceptors (Lipinski definition) is 4. The third-order valence-corrected chi connectivity index (χ3v) is 3.50. The van der Waals surface area contributed by atoms with Gasteiger partial charge in [-0.25, -0.2) is 0 Å². The van der Waals surface area contributed by atoms with Crippen LogP contribution in [0.25, 0.3) is 0 Å². The summed E-state index contributed by atoms with van der Waals surface area (Å²) in [5.74, 6) is 1.46. The maximum absolute atomic E-state index is 9.71. The highest BCUT2D eigenvalue weighted by Crippen LogP contribution is 2.26. The number of benzene rings is 2. The molecule has 20 heavy (non-hydrogen) atoms. The van der Waals surface area contributed by atoms with Gasteiger partial charge in [-0.1, -0.05) is 18.2 Å². The molecular weight excluding hydrogens is 253 g/mol. The molecule has 0 bridgehead atoms. The summed E-state index contributed by atoms with van der Waals surface area (Å²) < 4.78 is 11.1.